The molecule has 0 saturated heterocycles. The Balaban J connectivity index is -0.000000676. The van der Waals surface area contributed by atoms with Gasteiger partial charge in [-0.25, -0.2) is 0 Å². The maximum absolute atomic E-state index is 11.3. The van der Waals surface area contributed by atoms with Crippen LogP contribution < -0.4 is 282 Å². The first kappa shape index (κ1) is 41.4. The van der Waals surface area contributed by atoms with E-state index in [1.165, 1.54) is 0 Å². The Morgan fingerprint density at radius 3 is 1.10 bits per heavy atom. The summed E-state index contributed by atoms with van der Waals surface area (Å²) in [5, 5.41) is 54.7. The van der Waals surface area contributed by atoms with Gasteiger partial charge < -0.3 is 49.5 Å². The zero-order valence-corrected chi connectivity index (χ0v) is 32.4. The number of hydrogen-bond acceptors (Lipinski definition) is 10. The van der Waals surface area contributed by atoms with Crippen molar-refractivity contribution in [3.8, 4) is 0 Å². The molecule has 0 N–H and O–H groups in total. The van der Waals surface area contributed by atoms with Crippen LogP contribution in [0.25, 0.3) is 10.8 Å². The molecule has 0 saturated carbocycles. The number of carbonyl (C=O) groups excluding carboxylic acids is 5. The molecule has 0 aliphatic rings. The Morgan fingerprint density at radius 1 is 0.467 bits per heavy atom. The van der Waals surface area contributed by atoms with E-state index in [-0.39, 0.29) is 257 Å². The summed E-state index contributed by atoms with van der Waals surface area (Å²) in [7, 11) is 0. The summed E-state index contributed by atoms with van der Waals surface area (Å²) in [5.41, 5.74) is -6.13. The van der Waals surface area contributed by atoms with Crippen molar-refractivity contribution in [2.45, 2.75) is 0 Å². The predicted octanol–water partition coefficient (Wildman–Crippen LogP) is -20.3. The van der Waals surface area contributed by atoms with Crippen LogP contribution in [0.2, 0.25) is 0 Å². The first-order valence-electron chi connectivity index (χ1n) is 6.28. The summed E-state index contributed by atoms with van der Waals surface area (Å²) in [6, 6.07) is 2.18. The van der Waals surface area contributed by atoms with Crippen molar-refractivity contribution in [2.75, 3.05) is 0 Å². The van der Waals surface area contributed by atoms with Gasteiger partial charge in [0.05, 0.1) is 29.8 Å². The minimum absolute atomic E-state index is 0. The number of aromatic carboxylic acids is 5. The van der Waals surface area contributed by atoms with Crippen LogP contribution in [0.4, 0.5) is 0 Å². The zero-order valence-electron chi connectivity index (χ0n) is 16.8. The summed E-state index contributed by atoms with van der Waals surface area (Å²) < 4.78 is 0. The van der Waals surface area contributed by atoms with Crippen molar-refractivity contribution >= 4 is 40.6 Å². The smallest absolute Gasteiger partial charge is 0.545 e. The molecule has 2 aromatic rings. The van der Waals surface area contributed by atoms with E-state index in [9.17, 15) is 49.5 Å². The van der Waals surface area contributed by atoms with Gasteiger partial charge in [0.1, 0.15) is 0 Å². The summed E-state index contributed by atoms with van der Waals surface area (Å²) in [5.74, 6) is -10.8. The van der Waals surface area contributed by atoms with E-state index in [1.54, 1.807) is 0 Å². The van der Waals surface area contributed by atoms with Gasteiger partial charge in [0.15, 0.2) is 0 Å². The van der Waals surface area contributed by atoms with Crippen LogP contribution in [-0.4, -0.2) is 29.8 Å². The van der Waals surface area contributed by atoms with Crippen molar-refractivity contribution in [2.24, 2.45) is 0 Å². The second-order valence-electron chi connectivity index (χ2n) is 4.70. The normalized spacial score (nSPS) is 8.67. The number of fused-ring (bicyclic) bond motifs is 1. The monoisotopic (exact) mass is 538 g/mol. The molecule has 30 heavy (non-hydrogen) atoms. The molecule has 0 aliphatic carbocycles. The molecule has 0 radical (unpaired) electrons. The van der Waals surface area contributed by atoms with E-state index in [2.05, 4.69) is 0 Å². The van der Waals surface area contributed by atoms with Gasteiger partial charge in [0.2, 0.25) is 0 Å². The average molecular weight is 539 g/mol. The van der Waals surface area contributed by atoms with E-state index in [1.807, 2.05) is 0 Å². The minimum Gasteiger partial charge on any atom is -0.545 e. The van der Waals surface area contributed by atoms with Crippen molar-refractivity contribution in [1.82, 2.24) is 0 Å². The molecule has 0 amide bonds. The van der Waals surface area contributed by atoms with Crippen LogP contribution in [0.15, 0.2) is 18.2 Å². The predicted molar refractivity (Wildman–Crippen MR) is 65.6 cm³/mol. The Labute approximate surface area is 381 Å². The van der Waals surface area contributed by atoms with Gasteiger partial charge in [-0.05, 0) is 22.4 Å². The third kappa shape index (κ3) is 9.60. The molecule has 2 rings (SSSR count). The number of hydrogen-bond donors (Lipinski definition) is 0. The molecule has 0 heterocycles. The van der Waals surface area contributed by atoms with Crippen LogP contribution in [0.3, 0.4) is 0 Å². The van der Waals surface area contributed by atoms with Crippen LogP contribution >= 0.6 is 0 Å². The molecule has 10 nitrogen and oxygen atoms in total. The van der Waals surface area contributed by atoms with Crippen molar-refractivity contribution < 1.29 is 306 Å². The van der Waals surface area contributed by atoms with Gasteiger partial charge in [-0.15, -0.1) is 0 Å². The van der Waals surface area contributed by atoms with Crippen molar-refractivity contribution in [1.29, 1.82) is 0 Å². The van der Waals surface area contributed by atoms with E-state index < -0.39 is 68.4 Å². The molecular formula is C15H3K5O10. The molecule has 128 valence electrons. The first-order chi connectivity index (χ1) is 11.6. The van der Waals surface area contributed by atoms with Gasteiger partial charge in [0.25, 0.3) is 0 Å². The minimum atomic E-state index is -2.35. The number of carboxylic acids is 5. The molecule has 0 unspecified atom stereocenters. The van der Waals surface area contributed by atoms with Gasteiger partial charge in [-0.2, -0.15) is 0 Å². The molecule has 0 fully saturated rings. The first-order valence-corrected chi connectivity index (χ1v) is 6.28. The third-order valence-electron chi connectivity index (χ3n) is 3.36. The summed E-state index contributed by atoms with van der Waals surface area (Å²) in [4.78, 5) is 56.0. The molecule has 0 bridgehead atoms. The second-order valence-corrected chi connectivity index (χ2v) is 4.70. The topological polar surface area (TPSA) is 201 Å². The Morgan fingerprint density at radius 2 is 0.800 bits per heavy atom. The van der Waals surface area contributed by atoms with Crippen molar-refractivity contribution in [3.05, 3.63) is 46.0 Å². The number of benzene rings is 2. The average Bonchev–Trinajstić information content (AvgIpc) is 2.50. The number of carbonyl (C=O) groups is 5. The van der Waals surface area contributed by atoms with Gasteiger partial charge in [-0.3, -0.25) is 0 Å². The molecule has 0 atom stereocenters. The second kappa shape index (κ2) is 18.5. The maximum Gasteiger partial charge on any atom is 1.00 e. The Bertz CT molecular complexity index is 1010. The Kier molecular flexibility index (Phi) is 25.5. The number of rotatable bonds is 5. The van der Waals surface area contributed by atoms with Crippen molar-refractivity contribution in [3.63, 3.8) is 0 Å². The van der Waals surface area contributed by atoms with Crippen LogP contribution in [0, 0.1) is 0 Å². The summed E-state index contributed by atoms with van der Waals surface area (Å²) >= 11 is 0. The standard InChI is InChI=1S/C15H8O10.5K/c16-11(17)4-1-2-5-6(3-4)8(13(20)21)10(15(24)25)9(14(22)23)7(5)12(18)19;;;;;/h1-3H,(H,16,17)(H,18,19)(H,20,21)(H,22,23)(H,24,25);;;;;/q;5*+1/p-5. The van der Waals surface area contributed by atoms with Crippen LogP contribution in [-0.2, 0) is 0 Å². The van der Waals surface area contributed by atoms with Crippen LogP contribution in [0.5, 0.6) is 0 Å². The van der Waals surface area contributed by atoms with Gasteiger partial charge in [0, 0.05) is 22.3 Å². The quantitative estimate of drug-likeness (QED) is 0.329. The van der Waals surface area contributed by atoms with Gasteiger partial charge >= 0.3 is 257 Å². The molecule has 0 aromatic heterocycles. The number of carboxylic acid groups (broad SMARTS) is 5. The molecule has 0 spiro atoms. The molecule has 2 aromatic carbocycles. The van der Waals surface area contributed by atoms with E-state index >= 15 is 0 Å². The maximum atomic E-state index is 11.3. The summed E-state index contributed by atoms with van der Waals surface area (Å²) in [6.45, 7) is 0. The SMILES string of the molecule is O=C([O-])c1ccc2c(C(=O)[O-])c(C(=O)[O-])c(C(=O)[O-])c(C(=O)[O-])c2c1.[K+].[K+].[K+].[K+].[K+]. The fourth-order valence-corrected chi connectivity index (χ4v) is 2.45. The largest absolute Gasteiger partial charge is 1.00 e. The fraction of sp³-hybridized carbons (Fsp3) is 0. The zero-order chi connectivity index (χ0) is 19.0. The molecule has 0 aliphatic heterocycles. The fourth-order valence-electron chi connectivity index (χ4n) is 2.45. The third-order valence-corrected chi connectivity index (χ3v) is 3.36. The molecular weight excluding hydrogens is 536 g/mol. The van der Waals surface area contributed by atoms with E-state index in [0.717, 1.165) is 12.1 Å². The molecule has 15 heteroatoms. The summed E-state index contributed by atoms with van der Waals surface area (Å²) in [6.07, 6.45) is 0. The Hall–Kier alpha value is 4.23. The van der Waals surface area contributed by atoms with E-state index in [0.29, 0.717) is 6.07 Å². The van der Waals surface area contributed by atoms with Crippen LogP contribution in [0.1, 0.15) is 51.8 Å². The van der Waals surface area contributed by atoms with Gasteiger partial charge in [-0.1, -0.05) is 12.1 Å². The van der Waals surface area contributed by atoms with E-state index in [4.69, 9.17) is 0 Å².